The number of likely N-dealkylation sites (tertiary alicyclic amines) is 1. The molecule has 0 unspecified atom stereocenters. The van der Waals surface area contributed by atoms with Gasteiger partial charge in [0.05, 0.1) is 6.61 Å². The van der Waals surface area contributed by atoms with Gasteiger partial charge in [-0.2, -0.15) is 0 Å². The number of hydrogen-bond donors (Lipinski definition) is 1. The summed E-state index contributed by atoms with van der Waals surface area (Å²) >= 11 is 0. The summed E-state index contributed by atoms with van der Waals surface area (Å²) in [7, 11) is 0. The molecule has 2 amide bonds. The highest BCUT2D eigenvalue weighted by Gasteiger charge is 2.25. The van der Waals surface area contributed by atoms with Crippen LogP contribution in [0.1, 0.15) is 36.0 Å². The van der Waals surface area contributed by atoms with Gasteiger partial charge in [-0.25, -0.2) is 4.79 Å². The standard InChI is InChI=1S/C13H19N3O4/c1-3-19-13(18)16-6-4-10(5-7-16)14-12(17)11-8-9(2)20-15-11/h8,10H,3-7H2,1-2H3,(H,14,17). The minimum absolute atomic E-state index is 0.0465. The zero-order valence-corrected chi connectivity index (χ0v) is 11.7. The summed E-state index contributed by atoms with van der Waals surface area (Å²) in [6.45, 7) is 5.07. The second-order valence-corrected chi connectivity index (χ2v) is 4.76. The van der Waals surface area contributed by atoms with Crippen molar-refractivity contribution in [3.05, 3.63) is 17.5 Å². The quantitative estimate of drug-likeness (QED) is 0.903. The van der Waals surface area contributed by atoms with E-state index < -0.39 is 0 Å². The highest BCUT2D eigenvalue weighted by Crippen LogP contribution is 2.12. The minimum atomic E-state index is -0.288. The lowest BCUT2D eigenvalue weighted by molar-refractivity contribution is 0.0854. The highest BCUT2D eigenvalue weighted by atomic mass is 16.6. The average Bonchev–Trinajstić information content (AvgIpc) is 2.86. The maximum Gasteiger partial charge on any atom is 0.409 e. The van der Waals surface area contributed by atoms with Gasteiger partial charge in [-0.3, -0.25) is 4.79 Å². The van der Waals surface area contributed by atoms with Crippen molar-refractivity contribution in [2.75, 3.05) is 19.7 Å². The number of rotatable bonds is 3. The van der Waals surface area contributed by atoms with Crippen LogP contribution in [-0.4, -0.2) is 47.8 Å². The molecule has 2 rings (SSSR count). The molecule has 7 heteroatoms. The van der Waals surface area contributed by atoms with E-state index >= 15 is 0 Å². The first-order valence-corrected chi connectivity index (χ1v) is 6.76. The topological polar surface area (TPSA) is 84.7 Å². The number of piperidine rings is 1. The maximum atomic E-state index is 11.9. The van der Waals surface area contributed by atoms with Crippen molar-refractivity contribution in [1.82, 2.24) is 15.4 Å². The van der Waals surface area contributed by atoms with E-state index in [2.05, 4.69) is 10.5 Å². The smallest absolute Gasteiger partial charge is 0.409 e. The molecular formula is C13H19N3O4. The highest BCUT2D eigenvalue weighted by molar-refractivity contribution is 5.92. The summed E-state index contributed by atoms with van der Waals surface area (Å²) in [5, 5.41) is 6.58. The molecule has 1 aromatic rings. The number of nitrogens with one attached hydrogen (secondary N) is 1. The molecule has 0 radical (unpaired) electrons. The molecule has 0 aromatic carbocycles. The van der Waals surface area contributed by atoms with Gasteiger partial charge in [0.25, 0.3) is 5.91 Å². The third-order valence-corrected chi connectivity index (χ3v) is 3.22. The van der Waals surface area contributed by atoms with E-state index in [4.69, 9.17) is 9.26 Å². The van der Waals surface area contributed by atoms with E-state index in [1.165, 1.54) is 0 Å². The van der Waals surface area contributed by atoms with Gasteiger partial charge in [0.15, 0.2) is 5.69 Å². The molecule has 0 bridgehead atoms. The van der Waals surface area contributed by atoms with Gasteiger partial charge in [0.2, 0.25) is 0 Å². The van der Waals surface area contributed by atoms with Crippen LogP contribution >= 0.6 is 0 Å². The Morgan fingerprint density at radius 1 is 1.50 bits per heavy atom. The molecule has 1 N–H and O–H groups in total. The second kappa shape index (κ2) is 6.40. The number of carbonyl (C=O) groups is 2. The van der Waals surface area contributed by atoms with Gasteiger partial charge in [0, 0.05) is 25.2 Å². The average molecular weight is 281 g/mol. The van der Waals surface area contributed by atoms with Crippen molar-refractivity contribution < 1.29 is 18.8 Å². The van der Waals surface area contributed by atoms with Gasteiger partial charge < -0.3 is 19.5 Å². The van der Waals surface area contributed by atoms with E-state index in [-0.39, 0.29) is 23.7 Å². The Morgan fingerprint density at radius 3 is 2.75 bits per heavy atom. The summed E-state index contributed by atoms with van der Waals surface area (Å²) < 4.78 is 9.82. The zero-order valence-electron chi connectivity index (χ0n) is 11.7. The van der Waals surface area contributed by atoms with Gasteiger partial charge in [-0.1, -0.05) is 5.16 Å². The van der Waals surface area contributed by atoms with E-state index in [0.717, 1.165) is 0 Å². The molecule has 20 heavy (non-hydrogen) atoms. The number of amides is 2. The van der Waals surface area contributed by atoms with Crippen LogP contribution in [0.2, 0.25) is 0 Å². The fourth-order valence-corrected chi connectivity index (χ4v) is 2.15. The van der Waals surface area contributed by atoms with Crippen LogP contribution in [0.25, 0.3) is 0 Å². The molecule has 1 aliphatic heterocycles. The molecule has 1 aromatic heterocycles. The number of carbonyl (C=O) groups excluding carboxylic acids is 2. The Balaban J connectivity index is 1.80. The largest absolute Gasteiger partial charge is 0.450 e. The molecule has 1 saturated heterocycles. The molecule has 7 nitrogen and oxygen atoms in total. The van der Waals surface area contributed by atoms with Crippen LogP contribution < -0.4 is 5.32 Å². The Bertz CT molecular complexity index is 478. The number of hydrogen-bond acceptors (Lipinski definition) is 5. The Labute approximate surface area is 117 Å². The first-order valence-electron chi connectivity index (χ1n) is 6.76. The van der Waals surface area contributed by atoms with E-state index in [1.807, 2.05) is 0 Å². The van der Waals surface area contributed by atoms with E-state index in [9.17, 15) is 9.59 Å². The lowest BCUT2D eigenvalue weighted by atomic mass is 10.1. The van der Waals surface area contributed by atoms with Gasteiger partial charge in [0.1, 0.15) is 5.76 Å². The fraction of sp³-hybridized carbons (Fsp3) is 0.615. The van der Waals surface area contributed by atoms with Gasteiger partial charge in [-0.05, 0) is 26.7 Å². The van der Waals surface area contributed by atoms with E-state index in [1.54, 1.807) is 24.8 Å². The summed E-state index contributed by atoms with van der Waals surface area (Å²) in [5.74, 6) is 0.365. The molecule has 110 valence electrons. The molecule has 0 saturated carbocycles. The van der Waals surface area contributed by atoms with E-state index in [0.29, 0.717) is 38.3 Å². The van der Waals surface area contributed by atoms with Crippen LogP contribution in [0, 0.1) is 6.92 Å². The summed E-state index contributed by atoms with van der Waals surface area (Å²) in [6, 6.07) is 1.65. The molecule has 0 aliphatic carbocycles. The summed E-state index contributed by atoms with van der Waals surface area (Å²) in [5.41, 5.74) is 0.287. The zero-order chi connectivity index (χ0) is 14.5. The summed E-state index contributed by atoms with van der Waals surface area (Å²) in [6.07, 6.45) is 1.13. The number of aryl methyl sites for hydroxylation is 1. The molecule has 1 aliphatic rings. The molecule has 1 fully saturated rings. The van der Waals surface area contributed by atoms with Crippen LogP contribution in [-0.2, 0) is 4.74 Å². The third kappa shape index (κ3) is 3.49. The van der Waals surface area contributed by atoms with Crippen LogP contribution in [0.5, 0.6) is 0 Å². The Hall–Kier alpha value is -2.05. The minimum Gasteiger partial charge on any atom is -0.450 e. The van der Waals surface area contributed by atoms with Crippen LogP contribution in [0.4, 0.5) is 4.79 Å². The van der Waals surface area contributed by atoms with Crippen molar-refractivity contribution in [2.24, 2.45) is 0 Å². The number of ether oxygens (including phenoxy) is 1. The number of nitrogens with zero attached hydrogens (tertiary/aromatic N) is 2. The van der Waals surface area contributed by atoms with Crippen molar-refractivity contribution in [1.29, 1.82) is 0 Å². The molecule has 2 heterocycles. The molecule has 0 atom stereocenters. The third-order valence-electron chi connectivity index (χ3n) is 3.22. The van der Waals surface area contributed by atoms with Gasteiger partial charge in [-0.15, -0.1) is 0 Å². The van der Waals surface area contributed by atoms with Crippen LogP contribution in [0.15, 0.2) is 10.6 Å². The second-order valence-electron chi connectivity index (χ2n) is 4.76. The molecular weight excluding hydrogens is 262 g/mol. The Kier molecular flexibility index (Phi) is 4.60. The first kappa shape index (κ1) is 14.4. The monoisotopic (exact) mass is 281 g/mol. The Morgan fingerprint density at radius 2 is 2.20 bits per heavy atom. The maximum absolute atomic E-state index is 11.9. The first-order chi connectivity index (χ1) is 9.60. The van der Waals surface area contributed by atoms with Crippen molar-refractivity contribution in [3.63, 3.8) is 0 Å². The lowest BCUT2D eigenvalue weighted by Gasteiger charge is -2.31. The lowest BCUT2D eigenvalue weighted by Crippen LogP contribution is -2.46. The van der Waals surface area contributed by atoms with Crippen molar-refractivity contribution in [3.8, 4) is 0 Å². The number of aromatic nitrogens is 1. The summed E-state index contributed by atoms with van der Waals surface area (Å²) in [4.78, 5) is 25.1. The fourth-order valence-electron chi connectivity index (χ4n) is 2.15. The molecule has 0 spiro atoms. The van der Waals surface area contributed by atoms with Gasteiger partial charge >= 0.3 is 6.09 Å². The SMILES string of the molecule is CCOC(=O)N1CCC(NC(=O)c2cc(C)on2)CC1. The predicted octanol–water partition coefficient (Wildman–Crippen LogP) is 1.33. The predicted molar refractivity (Wildman–Crippen MR) is 70.3 cm³/mol. The van der Waals surface area contributed by atoms with Crippen molar-refractivity contribution >= 4 is 12.0 Å². The van der Waals surface area contributed by atoms with Crippen molar-refractivity contribution in [2.45, 2.75) is 32.7 Å². The van der Waals surface area contributed by atoms with Crippen LogP contribution in [0.3, 0.4) is 0 Å². The normalized spacial score (nSPS) is 16.0.